The lowest BCUT2D eigenvalue weighted by Crippen LogP contribution is -2.48. The van der Waals surface area contributed by atoms with E-state index in [2.05, 4.69) is 0 Å². The summed E-state index contributed by atoms with van der Waals surface area (Å²) in [4.78, 5) is -0.365. The summed E-state index contributed by atoms with van der Waals surface area (Å²) in [5.74, 6) is -0.744. The van der Waals surface area contributed by atoms with Crippen molar-refractivity contribution < 1.29 is 17.5 Å². The predicted octanol–water partition coefficient (Wildman–Crippen LogP) is 1.51. The molecule has 20 heavy (non-hydrogen) atoms. The van der Waals surface area contributed by atoms with Gasteiger partial charge in [0.2, 0.25) is 10.0 Å². The quantitative estimate of drug-likeness (QED) is 0.841. The fourth-order valence-electron chi connectivity index (χ4n) is 2.42. The molecule has 0 aromatic heterocycles. The number of nitrogens with zero attached hydrogens (tertiary/aromatic N) is 1. The van der Waals surface area contributed by atoms with Gasteiger partial charge in [0.25, 0.3) is 0 Å². The van der Waals surface area contributed by atoms with E-state index in [0.717, 1.165) is 0 Å². The molecule has 1 heterocycles. The normalized spacial score (nSPS) is 24.8. The number of rotatable bonds is 2. The van der Waals surface area contributed by atoms with Crippen molar-refractivity contribution in [1.29, 1.82) is 0 Å². The largest absolute Gasteiger partial charge is 0.399 e. The van der Waals surface area contributed by atoms with Crippen LogP contribution < -0.4 is 5.73 Å². The molecule has 1 fully saturated rings. The number of benzene rings is 1. The number of ether oxygens (including phenoxy) is 1. The van der Waals surface area contributed by atoms with Crippen LogP contribution in [0.15, 0.2) is 17.0 Å². The minimum absolute atomic E-state index is 0.208. The first-order valence-electron chi connectivity index (χ1n) is 6.43. The molecule has 0 radical (unpaired) electrons. The number of nitrogen functional groups attached to an aromatic ring is 1. The Morgan fingerprint density at radius 2 is 1.85 bits per heavy atom. The van der Waals surface area contributed by atoms with Crippen molar-refractivity contribution >= 4 is 15.7 Å². The van der Waals surface area contributed by atoms with Crippen LogP contribution >= 0.6 is 0 Å². The monoisotopic (exact) mass is 302 g/mol. The van der Waals surface area contributed by atoms with Crippen molar-refractivity contribution in [3.63, 3.8) is 0 Å². The Morgan fingerprint density at radius 1 is 1.30 bits per heavy atom. The van der Waals surface area contributed by atoms with E-state index in [0.29, 0.717) is 0 Å². The second-order valence-corrected chi connectivity index (χ2v) is 7.14. The van der Waals surface area contributed by atoms with E-state index in [4.69, 9.17) is 10.5 Å². The van der Waals surface area contributed by atoms with Crippen LogP contribution in [0.2, 0.25) is 0 Å². The Balaban J connectivity index is 2.45. The van der Waals surface area contributed by atoms with Crippen LogP contribution in [0.4, 0.5) is 10.1 Å². The van der Waals surface area contributed by atoms with Gasteiger partial charge in [0.05, 0.1) is 12.2 Å². The molecular weight excluding hydrogens is 283 g/mol. The molecule has 2 N–H and O–H groups in total. The highest BCUT2D eigenvalue weighted by Crippen LogP contribution is 2.26. The molecule has 2 atom stereocenters. The third kappa shape index (κ3) is 2.79. The van der Waals surface area contributed by atoms with E-state index in [9.17, 15) is 12.8 Å². The highest BCUT2D eigenvalue weighted by Gasteiger charge is 2.34. The second kappa shape index (κ2) is 5.31. The highest BCUT2D eigenvalue weighted by atomic mass is 32.2. The molecule has 7 heteroatoms. The number of morpholine rings is 1. The SMILES string of the molecule is Cc1cc(N)cc(S(=O)(=O)N2CC(C)OC(C)C2)c1F. The Bertz CT molecular complexity index is 608. The van der Waals surface area contributed by atoms with Crippen molar-refractivity contribution in [2.24, 2.45) is 0 Å². The molecule has 0 spiro atoms. The lowest BCUT2D eigenvalue weighted by atomic mass is 10.2. The van der Waals surface area contributed by atoms with Crippen LogP contribution in [0.3, 0.4) is 0 Å². The average Bonchev–Trinajstić information content (AvgIpc) is 2.32. The molecule has 5 nitrogen and oxygen atoms in total. The van der Waals surface area contributed by atoms with Crippen molar-refractivity contribution in [1.82, 2.24) is 4.31 Å². The second-order valence-electron chi connectivity index (χ2n) is 5.23. The summed E-state index contributed by atoms with van der Waals surface area (Å²) in [6.45, 7) is 5.49. The molecule has 2 unspecified atom stereocenters. The maximum Gasteiger partial charge on any atom is 0.246 e. The fraction of sp³-hybridized carbons (Fsp3) is 0.538. The molecule has 1 saturated heterocycles. The number of nitrogens with two attached hydrogens (primary N) is 1. The van der Waals surface area contributed by atoms with Crippen LogP contribution in [0, 0.1) is 12.7 Å². The highest BCUT2D eigenvalue weighted by molar-refractivity contribution is 7.89. The van der Waals surface area contributed by atoms with Crippen molar-refractivity contribution in [2.45, 2.75) is 37.9 Å². The first-order chi connectivity index (χ1) is 9.21. The zero-order chi connectivity index (χ0) is 15.1. The Labute approximate surface area is 118 Å². The third-order valence-electron chi connectivity index (χ3n) is 3.25. The van der Waals surface area contributed by atoms with E-state index in [1.807, 2.05) is 0 Å². The number of anilines is 1. The van der Waals surface area contributed by atoms with E-state index >= 15 is 0 Å². The van der Waals surface area contributed by atoms with Gasteiger partial charge in [-0.05, 0) is 38.5 Å². The molecule has 0 amide bonds. The van der Waals surface area contributed by atoms with Crippen LogP contribution in [-0.2, 0) is 14.8 Å². The Kier molecular flexibility index (Phi) is 4.04. The van der Waals surface area contributed by atoms with Crippen molar-refractivity contribution in [3.05, 3.63) is 23.5 Å². The van der Waals surface area contributed by atoms with Gasteiger partial charge in [-0.25, -0.2) is 12.8 Å². The van der Waals surface area contributed by atoms with Crippen molar-refractivity contribution in [2.75, 3.05) is 18.8 Å². The number of aryl methyl sites for hydroxylation is 1. The minimum atomic E-state index is -3.91. The van der Waals surface area contributed by atoms with Gasteiger partial charge in [-0.15, -0.1) is 0 Å². The first kappa shape index (κ1) is 15.2. The smallest absolute Gasteiger partial charge is 0.246 e. The van der Waals surface area contributed by atoms with Gasteiger partial charge in [0, 0.05) is 18.8 Å². The summed E-state index contributed by atoms with van der Waals surface area (Å²) >= 11 is 0. The zero-order valence-corrected chi connectivity index (χ0v) is 12.6. The van der Waals surface area contributed by atoms with Crippen LogP contribution in [0.1, 0.15) is 19.4 Å². The van der Waals surface area contributed by atoms with Gasteiger partial charge < -0.3 is 10.5 Å². The topological polar surface area (TPSA) is 72.6 Å². The fourth-order valence-corrected chi connectivity index (χ4v) is 4.18. The molecule has 0 aliphatic carbocycles. The van der Waals surface area contributed by atoms with E-state index in [1.165, 1.54) is 23.4 Å². The molecule has 2 rings (SSSR count). The maximum absolute atomic E-state index is 14.1. The van der Waals surface area contributed by atoms with Gasteiger partial charge in [-0.3, -0.25) is 0 Å². The number of sulfonamides is 1. The predicted molar refractivity (Wildman–Crippen MR) is 74.3 cm³/mol. The summed E-state index contributed by atoms with van der Waals surface area (Å²) in [5, 5.41) is 0. The number of hydrogen-bond donors (Lipinski definition) is 1. The summed E-state index contributed by atoms with van der Waals surface area (Å²) in [6, 6.07) is 2.58. The van der Waals surface area contributed by atoms with Gasteiger partial charge >= 0.3 is 0 Å². The lowest BCUT2D eigenvalue weighted by Gasteiger charge is -2.34. The average molecular weight is 302 g/mol. The minimum Gasteiger partial charge on any atom is -0.399 e. The molecular formula is C13H19FN2O3S. The van der Waals surface area contributed by atoms with E-state index in [-0.39, 0.29) is 41.4 Å². The lowest BCUT2D eigenvalue weighted by molar-refractivity contribution is -0.0441. The van der Waals surface area contributed by atoms with Gasteiger partial charge in [-0.1, -0.05) is 0 Å². The van der Waals surface area contributed by atoms with Crippen LogP contribution in [-0.4, -0.2) is 38.0 Å². The number of halogens is 1. The summed E-state index contributed by atoms with van der Waals surface area (Å²) in [6.07, 6.45) is -0.447. The molecule has 1 aromatic rings. The Morgan fingerprint density at radius 3 is 2.40 bits per heavy atom. The molecule has 112 valence electrons. The summed E-state index contributed by atoms with van der Waals surface area (Å²) in [5.41, 5.74) is 6.09. The summed E-state index contributed by atoms with van der Waals surface area (Å²) < 4.78 is 46.0. The molecule has 1 aromatic carbocycles. The van der Waals surface area contributed by atoms with E-state index < -0.39 is 15.8 Å². The van der Waals surface area contributed by atoms with Gasteiger partial charge in [0.1, 0.15) is 10.7 Å². The van der Waals surface area contributed by atoms with Gasteiger partial charge in [0.15, 0.2) is 0 Å². The third-order valence-corrected chi connectivity index (χ3v) is 5.08. The molecule has 1 aliphatic rings. The standard InChI is InChI=1S/C13H19FN2O3S/c1-8-4-11(15)5-12(13(8)14)20(17,18)16-6-9(2)19-10(3)7-16/h4-5,9-10H,6-7,15H2,1-3H3. The van der Waals surface area contributed by atoms with Crippen LogP contribution in [0.5, 0.6) is 0 Å². The summed E-state index contributed by atoms with van der Waals surface area (Å²) in [7, 11) is -3.91. The molecule has 1 aliphatic heterocycles. The van der Waals surface area contributed by atoms with Crippen LogP contribution in [0.25, 0.3) is 0 Å². The van der Waals surface area contributed by atoms with E-state index in [1.54, 1.807) is 13.8 Å². The van der Waals surface area contributed by atoms with Crippen molar-refractivity contribution in [3.8, 4) is 0 Å². The number of hydrogen-bond acceptors (Lipinski definition) is 4. The van der Waals surface area contributed by atoms with Gasteiger partial charge in [-0.2, -0.15) is 4.31 Å². The molecule has 0 bridgehead atoms. The maximum atomic E-state index is 14.1. The first-order valence-corrected chi connectivity index (χ1v) is 7.87. The zero-order valence-electron chi connectivity index (χ0n) is 11.8. The Hall–Kier alpha value is -1.18. The molecule has 0 saturated carbocycles.